The first kappa shape index (κ1) is 13.0. The maximum Gasteiger partial charge on any atom is 0.254 e. The molecule has 0 bridgehead atoms. The first-order valence-electron chi connectivity index (χ1n) is 6.23. The highest BCUT2D eigenvalue weighted by Crippen LogP contribution is 2.22. The maximum atomic E-state index is 13.5. The summed E-state index contributed by atoms with van der Waals surface area (Å²) in [6.45, 7) is 3.98. The van der Waals surface area contributed by atoms with E-state index in [2.05, 4.69) is 0 Å². The van der Waals surface area contributed by atoms with Crippen LogP contribution in [0.1, 0.15) is 34.3 Å². The van der Waals surface area contributed by atoms with Crippen LogP contribution in [0.25, 0.3) is 0 Å². The highest BCUT2D eigenvalue weighted by atomic mass is 19.1. The van der Waals surface area contributed by atoms with Crippen molar-refractivity contribution in [3.05, 3.63) is 34.6 Å². The number of aliphatic hydroxyl groups excluding tert-OH is 1. The third kappa shape index (κ3) is 2.25. The van der Waals surface area contributed by atoms with Crippen molar-refractivity contribution in [1.82, 2.24) is 4.90 Å². The summed E-state index contributed by atoms with van der Waals surface area (Å²) in [7, 11) is 0. The van der Waals surface area contributed by atoms with Crippen LogP contribution in [0.4, 0.5) is 4.39 Å². The van der Waals surface area contributed by atoms with Crippen LogP contribution in [0.5, 0.6) is 0 Å². The van der Waals surface area contributed by atoms with Crippen molar-refractivity contribution in [2.45, 2.75) is 32.7 Å². The van der Waals surface area contributed by atoms with Crippen molar-refractivity contribution >= 4 is 5.91 Å². The summed E-state index contributed by atoms with van der Waals surface area (Å²) in [6, 6.07) is 3.07. The van der Waals surface area contributed by atoms with E-state index in [9.17, 15) is 14.3 Å². The molecule has 98 valence electrons. The number of hydrogen-bond acceptors (Lipinski definition) is 2. The molecule has 0 spiro atoms. The molecule has 0 aromatic heterocycles. The lowest BCUT2D eigenvalue weighted by atomic mass is 10.1. The SMILES string of the molecule is Cc1cc(C(=O)N2CCC[C@H]2CO)cc(C)c1F. The monoisotopic (exact) mass is 251 g/mol. The molecule has 0 saturated carbocycles. The van der Waals surface area contributed by atoms with E-state index in [1.54, 1.807) is 30.9 Å². The summed E-state index contributed by atoms with van der Waals surface area (Å²) in [4.78, 5) is 14.0. The second-order valence-corrected chi connectivity index (χ2v) is 4.90. The molecule has 1 aromatic carbocycles. The Labute approximate surface area is 106 Å². The Hall–Kier alpha value is -1.42. The molecule has 1 aliphatic heterocycles. The minimum Gasteiger partial charge on any atom is -0.394 e. The van der Waals surface area contributed by atoms with Crippen LogP contribution in [0, 0.1) is 19.7 Å². The summed E-state index contributed by atoms with van der Waals surface area (Å²) in [5, 5.41) is 9.23. The van der Waals surface area contributed by atoms with Crippen molar-refractivity contribution in [3.63, 3.8) is 0 Å². The normalized spacial score (nSPS) is 19.3. The zero-order valence-corrected chi connectivity index (χ0v) is 10.7. The van der Waals surface area contributed by atoms with E-state index in [0.717, 1.165) is 12.8 Å². The minimum absolute atomic E-state index is 0.00903. The fourth-order valence-electron chi connectivity index (χ4n) is 2.53. The second-order valence-electron chi connectivity index (χ2n) is 4.90. The van der Waals surface area contributed by atoms with Crippen molar-refractivity contribution < 1.29 is 14.3 Å². The van der Waals surface area contributed by atoms with Gasteiger partial charge < -0.3 is 10.0 Å². The Morgan fingerprint density at radius 3 is 2.61 bits per heavy atom. The lowest BCUT2D eigenvalue weighted by Gasteiger charge is -2.23. The fourth-order valence-corrected chi connectivity index (χ4v) is 2.53. The average molecular weight is 251 g/mol. The molecule has 1 saturated heterocycles. The molecule has 1 aliphatic rings. The van der Waals surface area contributed by atoms with Crippen molar-refractivity contribution in [1.29, 1.82) is 0 Å². The predicted molar refractivity (Wildman–Crippen MR) is 67.0 cm³/mol. The molecule has 3 nitrogen and oxygen atoms in total. The zero-order valence-electron chi connectivity index (χ0n) is 10.7. The number of hydrogen-bond donors (Lipinski definition) is 1. The number of benzene rings is 1. The highest BCUT2D eigenvalue weighted by molar-refractivity contribution is 5.95. The van der Waals surface area contributed by atoms with E-state index in [4.69, 9.17) is 0 Å². The number of likely N-dealkylation sites (tertiary alicyclic amines) is 1. The molecule has 0 aliphatic carbocycles. The van der Waals surface area contributed by atoms with Gasteiger partial charge in [0.2, 0.25) is 0 Å². The van der Waals surface area contributed by atoms with E-state index in [1.807, 2.05) is 0 Å². The van der Waals surface area contributed by atoms with Crippen LogP contribution in [0.15, 0.2) is 12.1 Å². The molecule has 2 rings (SSSR count). The quantitative estimate of drug-likeness (QED) is 0.873. The van der Waals surface area contributed by atoms with Crippen LogP contribution in [0.2, 0.25) is 0 Å². The van der Waals surface area contributed by atoms with Gasteiger partial charge in [-0.3, -0.25) is 4.79 Å². The smallest absolute Gasteiger partial charge is 0.254 e. The van der Waals surface area contributed by atoms with Gasteiger partial charge in [0, 0.05) is 12.1 Å². The molecule has 0 unspecified atom stereocenters. The van der Waals surface area contributed by atoms with Crippen LogP contribution >= 0.6 is 0 Å². The van der Waals surface area contributed by atoms with Crippen LogP contribution in [-0.4, -0.2) is 35.1 Å². The number of nitrogens with zero attached hydrogens (tertiary/aromatic N) is 1. The summed E-state index contributed by atoms with van der Waals surface area (Å²) >= 11 is 0. The van der Waals surface area contributed by atoms with Crippen molar-refractivity contribution in [2.75, 3.05) is 13.2 Å². The number of rotatable bonds is 2. The topological polar surface area (TPSA) is 40.5 Å². The molecule has 1 heterocycles. The molecule has 1 N–H and O–H groups in total. The average Bonchev–Trinajstić information content (AvgIpc) is 2.82. The molecular formula is C14H18FNO2. The Kier molecular flexibility index (Phi) is 3.66. The van der Waals surface area contributed by atoms with E-state index in [1.165, 1.54) is 0 Å². The first-order valence-corrected chi connectivity index (χ1v) is 6.23. The van der Waals surface area contributed by atoms with Crippen molar-refractivity contribution in [3.8, 4) is 0 Å². The van der Waals surface area contributed by atoms with E-state index >= 15 is 0 Å². The third-order valence-corrected chi connectivity index (χ3v) is 3.53. The van der Waals surface area contributed by atoms with Gasteiger partial charge in [-0.1, -0.05) is 0 Å². The minimum atomic E-state index is -0.258. The number of aryl methyl sites for hydroxylation is 2. The molecule has 1 amide bonds. The van der Waals surface area contributed by atoms with Gasteiger partial charge in [0.15, 0.2) is 0 Å². The predicted octanol–water partition coefficient (Wildman–Crippen LogP) is 2.04. The van der Waals surface area contributed by atoms with Gasteiger partial charge in [-0.2, -0.15) is 0 Å². The van der Waals surface area contributed by atoms with Gasteiger partial charge in [-0.15, -0.1) is 0 Å². The Balaban J connectivity index is 2.29. The van der Waals surface area contributed by atoms with Gasteiger partial charge in [-0.25, -0.2) is 4.39 Å². The van der Waals surface area contributed by atoms with Crippen molar-refractivity contribution in [2.24, 2.45) is 0 Å². The second kappa shape index (κ2) is 5.06. The fraction of sp³-hybridized carbons (Fsp3) is 0.500. The summed E-state index contributed by atoms with van der Waals surface area (Å²) in [5.41, 5.74) is 1.47. The molecule has 4 heteroatoms. The van der Waals surface area contributed by atoms with E-state index in [0.29, 0.717) is 23.2 Å². The van der Waals surface area contributed by atoms with E-state index in [-0.39, 0.29) is 24.4 Å². The summed E-state index contributed by atoms with van der Waals surface area (Å²) in [5.74, 6) is -0.371. The lowest BCUT2D eigenvalue weighted by molar-refractivity contribution is 0.0677. The van der Waals surface area contributed by atoms with E-state index < -0.39 is 0 Å². The number of amides is 1. The standard InChI is InChI=1S/C14H18FNO2/c1-9-6-11(7-10(2)13(9)15)14(18)16-5-3-4-12(16)8-17/h6-7,12,17H,3-5,8H2,1-2H3/t12-/m0/s1. The zero-order chi connectivity index (χ0) is 13.3. The third-order valence-electron chi connectivity index (χ3n) is 3.53. The Morgan fingerprint density at radius 1 is 1.44 bits per heavy atom. The molecular weight excluding hydrogens is 233 g/mol. The summed E-state index contributed by atoms with van der Waals surface area (Å²) in [6.07, 6.45) is 1.75. The number of halogens is 1. The van der Waals surface area contributed by atoms with Crippen LogP contribution in [0.3, 0.4) is 0 Å². The van der Waals surface area contributed by atoms with Gasteiger partial charge in [0.05, 0.1) is 12.6 Å². The highest BCUT2D eigenvalue weighted by Gasteiger charge is 2.29. The molecule has 1 fully saturated rings. The largest absolute Gasteiger partial charge is 0.394 e. The molecule has 18 heavy (non-hydrogen) atoms. The van der Waals surface area contributed by atoms with Crippen LogP contribution < -0.4 is 0 Å². The number of carbonyl (C=O) groups excluding carboxylic acids is 1. The Bertz CT molecular complexity index is 450. The van der Waals surface area contributed by atoms with Gasteiger partial charge in [0.1, 0.15) is 5.82 Å². The van der Waals surface area contributed by atoms with Crippen LogP contribution in [-0.2, 0) is 0 Å². The molecule has 1 atom stereocenters. The number of aliphatic hydroxyl groups is 1. The first-order chi connectivity index (χ1) is 8.54. The summed E-state index contributed by atoms with van der Waals surface area (Å²) < 4.78 is 13.5. The van der Waals surface area contributed by atoms with Gasteiger partial charge >= 0.3 is 0 Å². The number of carbonyl (C=O) groups is 1. The van der Waals surface area contributed by atoms with Gasteiger partial charge in [0.25, 0.3) is 5.91 Å². The maximum absolute atomic E-state index is 13.5. The lowest BCUT2D eigenvalue weighted by Crippen LogP contribution is -2.37. The molecule has 0 radical (unpaired) electrons. The Morgan fingerprint density at radius 2 is 2.06 bits per heavy atom. The molecule has 1 aromatic rings. The van der Waals surface area contributed by atoms with Gasteiger partial charge in [-0.05, 0) is 49.9 Å².